The molecule has 2 N–H and O–H groups in total. The molecule has 0 aliphatic rings. The van der Waals surface area contributed by atoms with Gasteiger partial charge in [0.15, 0.2) is 0 Å². The minimum Gasteiger partial charge on any atom is -0.345 e. The zero-order valence-electron chi connectivity index (χ0n) is 17.4. The van der Waals surface area contributed by atoms with E-state index in [2.05, 4.69) is 10.6 Å². The van der Waals surface area contributed by atoms with Crippen LogP contribution < -0.4 is 10.6 Å². The van der Waals surface area contributed by atoms with E-state index in [9.17, 15) is 26.4 Å². The highest BCUT2D eigenvalue weighted by molar-refractivity contribution is 7.86. The summed E-state index contributed by atoms with van der Waals surface area (Å²) in [6, 6.07) is 13.8. The molecule has 2 rings (SSSR count). The Balaban J connectivity index is 2.31. The Labute approximate surface area is 187 Å². The van der Waals surface area contributed by atoms with Crippen LogP contribution in [0.4, 0.5) is 0 Å². The molecule has 10 nitrogen and oxygen atoms in total. The molecule has 0 aliphatic carbocycles. The highest BCUT2D eigenvalue weighted by atomic mass is 32.2. The summed E-state index contributed by atoms with van der Waals surface area (Å²) in [5.41, 5.74) is 0.544. The topological polar surface area (TPSA) is 145 Å². The highest BCUT2D eigenvalue weighted by Gasteiger charge is 2.29. The van der Waals surface area contributed by atoms with E-state index >= 15 is 0 Å². The zero-order chi connectivity index (χ0) is 23.8. The van der Waals surface area contributed by atoms with Gasteiger partial charge in [0.2, 0.25) is 0 Å². The van der Waals surface area contributed by atoms with Crippen LogP contribution in [-0.4, -0.2) is 66.5 Å². The minimum absolute atomic E-state index is 0.272. The highest BCUT2D eigenvalue weighted by Crippen LogP contribution is 2.07. The lowest BCUT2D eigenvalue weighted by molar-refractivity contribution is 0.0834. The maximum atomic E-state index is 12.7. The SMILES string of the molecule is CS(=O)(=O)OC[C@H](NC(=O)c1ccccc1)[C@@H](COS(C)(=O)=O)NC(=O)c1ccccc1. The Morgan fingerprint density at radius 3 is 1.28 bits per heavy atom. The average Bonchev–Trinajstić information content (AvgIpc) is 2.74. The maximum Gasteiger partial charge on any atom is 0.264 e. The lowest BCUT2D eigenvalue weighted by atomic mass is 10.1. The summed E-state index contributed by atoms with van der Waals surface area (Å²) in [7, 11) is -7.80. The molecule has 2 amide bonds. The van der Waals surface area contributed by atoms with Crippen LogP contribution >= 0.6 is 0 Å². The Bertz CT molecular complexity index is 1030. The van der Waals surface area contributed by atoms with Crippen molar-refractivity contribution in [1.82, 2.24) is 10.6 Å². The molecule has 2 aromatic carbocycles. The monoisotopic (exact) mass is 484 g/mol. The lowest BCUT2D eigenvalue weighted by Gasteiger charge is -2.28. The predicted molar refractivity (Wildman–Crippen MR) is 117 cm³/mol. The molecular weight excluding hydrogens is 460 g/mol. The van der Waals surface area contributed by atoms with Gasteiger partial charge >= 0.3 is 0 Å². The summed E-state index contributed by atoms with van der Waals surface area (Å²) < 4.78 is 55.8. The first-order valence-electron chi connectivity index (χ1n) is 9.35. The molecule has 0 saturated heterocycles. The zero-order valence-corrected chi connectivity index (χ0v) is 19.1. The van der Waals surface area contributed by atoms with Crippen molar-refractivity contribution < 1.29 is 34.8 Å². The van der Waals surface area contributed by atoms with Crippen molar-refractivity contribution in [3.05, 3.63) is 71.8 Å². The predicted octanol–water partition coefficient (Wildman–Crippen LogP) is 0.536. The summed E-state index contributed by atoms with van der Waals surface area (Å²) in [5, 5.41) is 5.16. The maximum absolute atomic E-state index is 12.7. The fourth-order valence-corrected chi connectivity index (χ4v) is 3.38. The van der Waals surface area contributed by atoms with Crippen LogP contribution in [0.5, 0.6) is 0 Å². The van der Waals surface area contributed by atoms with Crippen LogP contribution in [-0.2, 0) is 28.6 Å². The molecule has 0 heterocycles. The van der Waals surface area contributed by atoms with Crippen molar-refractivity contribution in [3.63, 3.8) is 0 Å². The molecule has 0 bridgehead atoms. The number of carbonyl (C=O) groups is 2. The van der Waals surface area contributed by atoms with Gasteiger partial charge in [0, 0.05) is 11.1 Å². The molecule has 12 heteroatoms. The summed E-state index contributed by atoms with van der Waals surface area (Å²) in [5.74, 6) is -1.16. The number of amides is 2. The van der Waals surface area contributed by atoms with E-state index in [1.165, 1.54) is 24.3 Å². The second-order valence-electron chi connectivity index (χ2n) is 6.87. The molecule has 0 fully saturated rings. The average molecular weight is 485 g/mol. The van der Waals surface area contributed by atoms with Crippen LogP contribution in [0, 0.1) is 0 Å². The van der Waals surface area contributed by atoms with E-state index in [1.807, 2.05) is 0 Å². The number of carbonyl (C=O) groups excluding carboxylic acids is 2. The number of hydrogen-bond donors (Lipinski definition) is 2. The summed E-state index contributed by atoms with van der Waals surface area (Å²) >= 11 is 0. The van der Waals surface area contributed by atoms with E-state index in [0.29, 0.717) is 0 Å². The molecule has 0 saturated carbocycles. The van der Waals surface area contributed by atoms with Gasteiger partial charge in [0.05, 0.1) is 37.8 Å². The molecule has 0 aromatic heterocycles. The largest absolute Gasteiger partial charge is 0.345 e. The summed E-state index contributed by atoms with van der Waals surface area (Å²) in [6.07, 6.45) is 1.65. The van der Waals surface area contributed by atoms with Gasteiger partial charge in [-0.15, -0.1) is 0 Å². The molecule has 0 aliphatic heterocycles. The van der Waals surface area contributed by atoms with Gasteiger partial charge < -0.3 is 10.6 Å². The lowest BCUT2D eigenvalue weighted by Crippen LogP contribution is -2.56. The van der Waals surface area contributed by atoms with E-state index in [1.54, 1.807) is 36.4 Å². The summed E-state index contributed by atoms with van der Waals surface area (Å²) in [4.78, 5) is 25.3. The smallest absolute Gasteiger partial charge is 0.264 e. The van der Waals surface area contributed by atoms with Crippen molar-refractivity contribution in [3.8, 4) is 0 Å². The Hall–Kier alpha value is -2.80. The third-order valence-corrected chi connectivity index (χ3v) is 5.24. The van der Waals surface area contributed by atoms with E-state index in [4.69, 9.17) is 8.37 Å². The van der Waals surface area contributed by atoms with Gasteiger partial charge in [0.1, 0.15) is 0 Å². The molecule has 2 atom stereocenters. The van der Waals surface area contributed by atoms with Gasteiger partial charge in [0.25, 0.3) is 32.1 Å². The quantitative estimate of drug-likeness (QED) is 0.440. The third-order valence-electron chi connectivity index (χ3n) is 4.11. The third kappa shape index (κ3) is 9.14. The second kappa shape index (κ2) is 11.2. The fourth-order valence-electron chi connectivity index (χ4n) is 2.59. The molecule has 174 valence electrons. The van der Waals surface area contributed by atoms with Crippen LogP contribution in [0.2, 0.25) is 0 Å². The van der Waals surface area contributed by atoms with Crippen molar-refractivity contribution in [1.29, 1.82) is 0 Å². The van der Waals surface area contributed by atoms with Crippen LogP contribution in [0.1, 0.15) is 20.7 Å². The van der Waals surface area contributed by atoms with Crippen molar-refractivity contribution in [2.45, 2.75) is 12.1 Å². The van der Waals surface area contributed by atoms with E-state index < -0.39 is 57.3 Å². The minimum atomic E-state index is -3.90. The van der Waals surface area contributed by atoms with Gasteiger partial charge in [-0.25, -0.2) is 0 Å². The molecular formula is C20H24N2O8S2. The summed E-state index contributed by atoms with van der Waals surface area (Å²) in [6.45, 7) is -1.13. The number of benzene rings is 2. The molecule has 0 spiro atoms. The first-order chi connectivity index (χ1) is 14.9. The van der Waals surface area contributed by atoms with Crippen LogP contribution in [0.3, 0.4) is 0 Å². The number of nitrogens with one attached hydrogen (secondary N) is 2. The van der Waals surface area contributed by atoms with Gasteiger partial charge in [-0.3, -0.25) is 18.0 Å². The van der Waals surface area contributed by atoms with Gasteiger partial charge in [-0.05, 0) is 24.3 Å². The van der Waals surface area contributed by atoms with E-state index in [0.717, 1.165) is 12.5 Å². The van der Waals surface area contributed by atoms with Crippen LogP contribution in [0.25, 0.3) is 0 Å². The molecule has 0 unspecified atom stereocenters. The van der Waals surface area contributed by atoms with Crippen LogP contribution in [0.15, 0.2) is 60.7 Å². The Morgan fingerprint density at radius 1 is 0.688 bits per heavy atom. The number of hydrogen-bond acceptors (Lipinski definition) is 8. The Morgan fingerprint density at radius 2 is 1.00 bits per heavy atom. The van der Waals surface area contributed by atoms with Crippen molar-refractivity contribution >= 4 is 32.1 Å². The van der Waals surface area contributed by atoms with Gasteiger partial charge in [-0.1, -0.05) is 36.4 Å². The fraction of sp³-hybridized carbons (Fsp3) is 0.300. The first kappa shape index (κ1) is 25.5. The molecule has 2 aromatic rings. The van der Waals surface area contributed by atoms with E-state index in [-0.39, 0.29) is 11.1 Å². The molecule has 0 radical (unpaired) electrons. The second-order valence-corrected chi connectivity index (χ2v) is 10.2. The standard InChI is InChI=1S/C20H24N2O8S2/c1-31(25,26)29-13-17(21-19(23)15-9-5-3-6-10-15)18(14-30-32(2,27)28)22-20(24)16-11-7-4-8-12-16/h3-12,17-18H,13-14H2,1-2H3,(H,21,23)(H,22,24)/t17-,18+. The van der Waals surface area contributed by atoms with Gasteiger partial charge in [-0.2, -0.15) is 16.8 Å². The number of rotatable bonds is 11. The van der Waals surface area contributed by atoms with Crippen molar-refractivity contribution in [2.75, 3.05) is 25.7 Å². The Kier molecular flexibility index (Phi) is 8.89. The normalized spacial score (nSPS) is 13.7. The first-order valence-corrected chi connectivity index (χ1v) is 13.0. The molecule has 32 heavy (non-hydrogen) atoms. The van der Waals surface area contributed by atoms with Crippen molar-refractivity contribution in [2.24, 2.45) is 0 Å².